The first kappa shape index (κ1) is 27.3. The highest BCUT2D eigenvalue weighted by molar-refractivity contribution is 6.08. The van der Waals surface area contributed by atoms with E-state index in [0.29, 0.717) is 36.4 Å². The van der Waals surface area contributed by atoms with Crippen molar-refractivity contribution in [2.45, 2.75) is 18.9 Å². The molecule has 0 unspecified atom stereocenters. The van der Waals surface area contributed by atoms with Crippen molar-refractivity contribution >= 4 is 34.8 Å². The zero-order valence-corrected chi connectivity index (χ0v) is 21.9. The molecule has 1 aliphatic rings. The number of ether oxygens (including phenoxy) is 1. The number of halogens is 1. The molecule has 2 aromatic heterocycles. The molecule has 10 nitrogen and oxygen atoms in total. The molecular formula is C30H27FN6O4. The van der Waals surface area contributed by atoms with Crippen LogP contribution in [0.1, 0.15) is 44.0 Å². The fourth-order valence-electron chi connectivity index (χ4n) is 4.66. The second kappa shape index (κ2) is 11.8. The highest BCUT2D eigenvalue weighted by Gasteiger charge is 2.26. The van der Waals surface area contributed by atoms with Crippen molar-refractivity contribution in [3.63, 3.8) is 0 Å². The van der Waals surface area contributed by atoms with Crippen molar-refractivity contribution in [3.05, 3.63) is 102 Å². The fraction of sp³-hybridized carbons (Fsp3) is 0.167. The molecule has 5 rings (SSSR count). The number of esters is 1. The Morgan fingerprint density at radius 3 is 2.61 bits per heavy atom. The van der Waals surface area contributed by atoms with Crippen LogP contribution in [0.3, 0.4) is 0 Å². The second-order valence-corrected chi connectivity index (χ2v) is 9.52. The molecule has 208 valence electrons. The second-order valence-electron chi connectivity index (χ2n) is 9.52. The van der Waals surface area contributed by atoms with Crippen LogP contribution in [0.4, 0.5) is 21.5 Å². The lowest BCUT2D eigenvalue weighted by molar-refractivity contribution is 0.0269. The molecule has 11 heteroatoms. The van der Waals surface area contributed by atoms with E-state index < -0.39 is 17.6 Å². The van der Waals surface area contributed by atoms with E-state index in [1.165, 1.54) is 30.5 Å². The molecule has 1 atom stereocenters. The Morgan fingerprint density at radius 1 is 1.02 bits per heavy atom. The molecule has 41 heavy (non-hydrogen) atoms. The molecule has 3 heterocycles. The molecule has 0 aliphatic carbocycles. The van der Waals surface area contributed by atoms with Gasteiger partial charge in [-0.25, -0.2) is 14.2 Å². The van der Waals surface area contributed by atoms with Gasteiger partial charge in [0.25, 0.3) is 5.91 Å². The summed E-state index contributed by atoms with van der Waals surface area (Å²) in [4.78, 5) is 48.0. The number of amides is 2. The van der Waals surface area contributed by atoms with Crippen molar-refractivity contribution in [2.75, 3.05) is 29.0 Å². The van der Waals surface area contributed by atoms with Gasteiger partial charge in [-0.3, -0.25) is 14.6 Å². The predicted octanol–water partition coefficient (Wildman–Crippen LogP) is 4.04. The van der Waals surface area contributed by atoms with E-state index in [1.807, 2.05) is 11.0 Å². The Bertz CT molecular complexity index is 1610. The lowest BCUT2D eigenvalue weighted by Gasteiger charge is -2.34. The number of rotatable bonds is 7. The fourth-order valence-corrected chi connectivity index (χ4v) is 4.66. The van der Waals surface area contributed by atoms with Crippen molar-refractivity contribution in [3.8, 4) is 11.3 Å². The molecule has 0 saturated carbocycles. The topological polar surface area (TPSA) is 154 Å². The molecular weight excluding hydrogens is 527 g/mol. The number of nitrogen functional groups attached to an aromatic ring is 1. The van der Waals surface area contributed by atoms with Crippen LogP contribution in [0.5, 0.6) is 0 Å². The minimum absolute atomic E-state index is 0.00169. The van der Waals surface area contributed by atoms with E-state index in [2.05, 4.69) is 15.3 Å². The number of anilines is 3. The average Bonchev–Trinajstić information content (AvgIpc) is 2.98. The van der Waals surface area contributed by atoms with Gasteiger partial charge < -0.3 is 26.4 Å². The van der Waals surface area contributed by atoms with Crippen LogP contribution >= 0.6 is 0 Å². The third kappa shape index (κ3) is 6.14. The number of hydrogen-bond donors (Lipinski definition) is 3. The van der Waals surface area contributed by atoms with Crippen LogP contribution in [0, 0.1) is 5.82 Å². The van der Waals surface area contributed by atoms with Gasteiger partial charge in [-0.05, 0) is 61.4 Å². The van der Waals surface area contributed by atoms with Gasteiger partial charge in [-0.2, -0.15) is 0 Å². The summed E-state index contributed by atoms with van der Waals surface area (Å²) in [6.45, 7) is 1.11. The molecule has 2 aromatic carbocycles. The van der Waals surface area contributed by atoms with Gasteiger partial charge in [-0.1, -0.05) is 18.2 Å². The number of primary amides is 1. The molecule has 1 fully saturated rings. The number of benzene rings is 2. The summed E-state index contributed by atoms with van der Waals surface area (Å²) in [5, 5.41) is 2.81. The van der Waals surface area contributed by atoms with E-state index >= 15 is 0 Å². The highest BCUT2D eigenvalue weighted by Crippen LogP contribution is 2.30. The first-order valence-electron chi connectivity index (χ1n) is 12.9. The number of nitrogens with zero attached hydrogens (tertiary/aromatic N) is 3. The minimum atomic E-state index is -0.724. The van der Waals surface area contributed by atoms with E-state index in [-0.39, 0.29) is 40.3 Å². The van der Waals surface area contributed by atoms with Crippen LogP contribution < -0.4 is 21.7 Å². The third-order valence-electron chi connectivity index (χ3n) is 6.72. The third-order valence-corrected chi connectivity index (χ3v) is 6.72. The Kier molecular flexibility index (Phi) is 7.86. The maximum atomic E-state index is 14.6. The van der Waals surface area contributed by atoms with E-state index in [4.69, 9.17) is 16.2 Å². The lowest BCUT2D eigenvalue weighted by Crippen LogP contribution is -2.41. The Labute approximate surface area is 235 Å². The van der Waals surface area contributed by atoms with Gasteiger partial charge in [0.1, 0.15) is 11.9 Å². The lowest BCUT2D eigenvalue weighted by atomic mass is 10.1. The maximum absolute atomic E-state index is 14.6. The first-order valence-corrected chi connectivity index (χ1v) is 12.9. The summed E-state index contributed by atoms with van der Waals surface area (Å²) in [6.07, 6.45) is 4.25. The number of piperidine rings is 1. The molecule has 4 aromatic rings. The summed E-state index contributed by atoms with van der Waals surface area (Å²) in [6, 6.07) is 17.1. The number of carbonyl (C=O) groups excluding carboxylic acids is 3. The molecule has 0 radical (unpaired) electrons. The normalized spacial score (nSPS) is 14.8. The Hall–Kier alpha value is -5.32. The number of hydrogen-bond acceptors (Lipinski definition) is 8. The van der Waals surface area contributed by atoms with Crippen LogP contribution in [-0.2, 0) is 4.74 Å². The number of carbonyl (C=O) groups is 3. The summed E-state index contributed by atoms with van der Waals surface area (Å²) in [5.41, 5.74) is 13.1. The van der Waals surface area contributed by atoms with Crippen LogP contribution in [0.15, 0.2) is 79.1 Å². The standard InChI is InChI=1S/C30H27FN6O4/c31-22-9-8-19(28(33)38)15-21(22)24-11-10-23(32)27(35-24)29(39)36-25-16-34-13-12-26(25)37-14-4-7-20(17-37)41-30(40)18-5-2-1-3-6-18/h1-3,5-6,8-13,15-16,20H,4,7,14,17,32H2,(H2,33,38)(H,36,39)/t20-/m0/s1. The van der Waals surface area contributed by atoms with Crippen molar-refractivity contribution in [2.24, 2.45) is 5.73 Å². The van der Waals surface area contributed by atoms with Crippen LogP contribution in [0.2, 0.25) is 0 Å². The van der Waals surface area contributed by atoms with Gasteiger partial charge in [0, 0.05) is 23.9 Å². The molecule has 2 amide bonds. The van der Waals surface area contributed by atoms with E-state index in [1.54, 1.807) is 36.5 Å². The van der Waals surface area contributed by atoms with E-state index in [9.17, 15) is 18.8 Å². The number of aromatic nitrogens is 2. The molecule has 1 aliphatic heterocycles. The largest absolute Gasteiger partial charge is 0.457 e. The average molecular weight is 555 g/mol. The summed E-state index contributed by atoms with van der Waals surface area (Å²) < 4.78 is 20.3. The molecule has 5 N–H and O–H groups in total. The minimum Gasteiger partial charge on any atom is -0.457 e. The highest BCUT2D eigenvalue weighted by atomic mass is 19.1. The van der Waals surface area contributed by atoms with E-state index in [0.717, 1.165) is 12.5 Å². The van der Waals surface area contributed by atoms with Crippen LogP contribution in [-0.4, -0.2) is 46.9 Å². The smallest absolute Gasteiger partial charge is 0.338 e. The first-order chi connectivity index (χ1) is 19.8. The molecule has 0 spiro atoms. The van der Waals surface area contributed by atoms with Gasteiger partial charge in [0.05, 0.1) is 41.1 Å². The maximum Gasteiger partial charge on any atom is 0.338 e. The summed E-state index contributed by atoms with van der Waals surface area (Å²) >= 11 is 0. The van der Waals surface area contributed by atoms with Gasteiger partial charge in [-0.15, -0.1) is 0 Å². The van der Waals surface area contributed by atoms with Gasteiger partial charge >= 0.3 is 5.97 Å². The van der Waals surface area contributed by atoms with Gasteiger partial charge in [0.15, 0.2) is 5.69 Å². The zero-order chi connectivity index (χ0) is 28.9. The predicted molar refractivity (Wildman–Crippen MR) is 152 cm³/mol. The van der Waals surface area contributed by atoms with Crippen molar-refractivity contribution < 1.29 is 23.5 Å². The molecule has 1 saturated heterocycles. The van der Waals surface area contributed by atoms with Crippen molar-refractivity contribution in [1.82, 2.24) is 9.97 Å². The number of pyridine rings is 2. The SMILES string of the molecule is NC(=O)c1ccc(F)c(-c2ccc(N)c(C(=O)Nc3cnccc3N3CCC[C@H](OC(=O)c4ccccc4)C3)n2)c1. The van der Waals surface area contributed by atoms with Crippen LogP contribution in [0.25, 0.3) is 11.3 Å². The number of nitrogens with one attached hydrogen (secondary N) is 1. The van der Waals surface area contributed by atoms with Gasteiger partial charge in [0.2, 0.25) is 5.91 Å². The quantitative estimate of drug-likeness (QED) is 0.289. The Balaban J connectivity index is 1.35. The summed E-state index contributed by atoms with van der Waals surface area (Å²) in [5.74, 6) is -2.38. The molecule has 0 bridgehead atoms. The van der Waals surface area contributed by atoms with Crippen molar-refractivity contribution in [1.29, 1.82) is 0 Å². The Morgan fingerprint density at radius 2 is 1.83 bits per heavy atom. The number of nitrogens with two attached hydrogens (primary N) is 2. The summed E-state index contributed by atoms with van der Waals surface area (Å²) in [7, 11) is 0. The monoisotopic (exact) mass is 554 g/mol. The zero-order valence-electron chi connectivity index (χ0n) is 21.9.